The number of aromatic nitrogens is 2. The fraction of sp³-hybridized carbons (Fsp3) is 0.267. The molecule has 0 unspecified atom stereocenters. The first-order chi connectivity index (χ1) is 18.4. The molecule has 0 aliphatic heterocycles. The summed E-state index contributed by atoms with van der Waals surface area (Å²) >= 11 is 0. The molecule has 0 bridgehead atoms. The summed E-state index contributed by atoms with van der Waals surface area (Å²) in [5.41, 5.74) is 3.76. The van der Waals surface area contributed by atoms with Gasteiger partial charge in [-0.05, 0) is 78.9 Å². The molecule has 0 fully saturated rings. The molecule has 0 aliphatic rings. The smallest absolute Gasteiger partial charge is 0.282 e. The van der Waals surface area contributed by atoms with Crippen molar-refractivity contribution in [3.63, 3.8) is 0 Å². The quantitative estimate of drug-likeness (QED) is 0.268. The third-order valence-corrected chi connectivity index (χ3v) is 6.08. The topological polar surface area (TPSA) is 98.7 Å². The van der Waals surface area contributed by atoms with E-state index in [1.165, 1.54) is 11.8 Å². The molecule has 0 amide bonds. The van der Waals surface area contributed by atoms with E-state index in [-0.39, 0.29) is 18.1 Å². The Labute approximate surface area is 221 Å². The Bertz CT molecular complexity index is 1600. The number of ether oxygens (including phenoxy) is 3. The number of fused-ring (bicyclic) bond motifs is 1. The van der Waals surface area contributed by atoms with Crippen LogP contribution in [0.2, 0.25) is 0 Å². The van der Waals surface area contributed by atoms with Crippen LogP contribution < -0.4 is 19.8 Å². The second-order valence-electron chi connectivity index (χ2n) is 8.96. The van der Waals surface area contributed by atoms with E-state index in [1.54, 1.807) is 30.5 Å². The normalized spacial score (nSPS) is 11.2. The van der Waals surface area contributed by atoms with Crippen molar-refractivity contribution in [1.82, 2.24) is 9.66 Å². The predicted octanol–water partition coefficient (Wildman–Crippen LogP) is 5.69. The minimum absolute atomic E-state index is 0.0922. The Kier molecular flexibility index (Phi) is 8.07. The van der Waals surface area contributed by atoms with Gasteiger partial charge in [-0.3, -0.25) is 4.79 Å². The van der Waals surface area contributed by atoms with Gasteiger partial charge >= 0.3 is 0 Å². The van der Waals surface area contributed by atoms with Gasteiger partial charge in [-0.2, -0.15) is 15.0 Å². The summed E-state index contributed by atoms with van der Waals surface area (Å²) in [6.45, 7) is 8.61. The molecular weight excluding hydrogens is 480 g/mol. The molecule has 8 heteroatoms. The van der Waals surface area contributed by atoms with Crippen LogP contribution in [0.3, 0.4) is 0 Å². The molecular formula is C30H30N4O4. The molecule has 0 saturated carbocycles. The van der Waals surface area contributed by atoms with Crippen molar-refractivity contribution in [3.8, 4) is 34.7 Å². The Balaban J connectivity index is 1.90. The average Bonchev–Trinajstić information content (AvgIpc) is 2.91. The lowest BCUT2D eigenvalue weighted by Gasteiger charge is -2.18. The maximum atomic E-state index is 13.6. The molecule has 0 spiro atoms. The fourth-order valence-electron chi connectivity index (χ4n) is 4.19. The Morgan fingerprint density at radius 3 is 2.58 bits per heavy atom. The summed E-state index contributed by atoms with van der Waals surface area (Å²) < 4.78 is 18.0. The molecule has 8 nitrogen and oxygen atoms in total. The third-order valence-electron chi connectivity index (χ3n) is 6.08. The average molecular weight is 511 g/mol. The number of para-hydroxylation sites is 1. The van der Waals surface area contributed by atoms with Gasteiger partial charge in [0.2, 0.25) is 0 Å². The van der Waals surface area contributed by atoms with E-state index in [0.29, 0.717) is 40.4 Å². The van der Waals surface area contributed by atoms with Crippen molar-refractivity contribution in [1.29, 1.82) is 5.26 Å². The van der Waals surface area contributed by atoms with Crippen LogP contribution in [0.1, 0.15) is 43.4 Å². The van der Waals surface area contributed by atoms with Gasteiger partial charge in [0.05, 0.1) is 30.8 Å². The largest absolute Gasteiger partial charge is 0.494 e. The van der Waals surface area contributed by atoms with Crippen LogP contribution in [0.5, 0.6) is 17.2 Å². The van der Waals surface area contributed by atoms with Crippen molar-refractivity contribution in [3.05, 3.63) is 81.6 Å². The van der Waals surface area contributed by atoms with Gasteiger partial charge in [-0.15, -0.1) is 0 Å². The standard InChI is InChI=1S/C30H30N4O4/c1-6-37-27-15-20(4)24(17-23(27)19(2)3)29-33-25-10-8-7-9-22(25)30(35)34(29)32-18-21-11-12-26(38-14-13-31)28(16-21)36-5/h7-12,15-19H,6,14H2,1-5H3. The first-order valence-electron chi connectivity index (χ1n) is 12.4. The number of hydrogen-bond donors (Lipinski definition) is 0. The van der Waals surface area contributed by atoms with E-state index in [4.69, 9.17) is 24.5 Å². The number of rotatable bonds is 9. The Morgan fingerprint density at radius 2 is 1.87 bits per heavy atom. The van der Waals surface area contributed by atoms with E-state index in [9.17, 15) is 4.79 Å². The summed E-state index contributed by atoms with van der Waals surface area (Å²) in [7, 11) is 1.52. The lowest BCUT2D eigenvalue weighted by molar-refractivity contribution is 0.329. The van der Waals surface area contributed by atoms with Crippen molar-refractivity contribution in [2.75, 3.05) is 20.3 Å². The van der Waals surface area contributed by atoms with Gasteiger partial charge < -0.3 is 14.2 Å². The molecule has 0 saturated heterocycles. The molecule has 3 aromatic carbocycles. The van der Waals surface area contributed by atoms with Gasteiger partial charge in [0, 0.05) is 5.56 Å². The van der Waals surface area contributed by atoms with E-state index >= 15 is 0 Å². The molecule has 4 aromatic rings. The summed E-state index contributed by atoms with van der Waals surface area (Å²) in [5, 5.41) is 13.9. The highest BCUT2D eigenvalue weighted by Crippen LogP contribution is 2.34. The molecule has 0 aliphatic carbocycles. The Hall–Kier alpha value is -4.64. The molecule has 1 heterocycles. The number of aryl methyl sites for hydroxylation is 1. The number of nitrogens with zero attached hydrogens (tertiary/aromatic N) is 4. The van der Waals surface area contributed by atoms with Crippen LogP contribution in [0.15, 0.2) is 64.5 Å². The monoisotopic (exact) mass is 510 g/mol. The molecule has 0 radical (unpaired) electrons. The fourth-order valence-corrected chi connectivity index (χ4v) is 4.19. The van der Waals surface area contributed by atoms with Crippen LogP contribution in [-0.2, 0) is 0 Å². The van der Waals surface area contributed by atoms with Crippen LogP contribution in [0, 0.1) is 18.3 Å². The highest BCUT2D eigenvalue weighted by Gasteiger charge is 2.18. The second kappa shape index (κ2) is 11.6. The van der Waals surface area contributed by atoms with E-state index in [0.717, 1.165) is 22.4 Å². The lowest BCUT2D eigenvalue weighted by Crippen LogP contribution is -2.21. The highest BCUT2D eigenvalue weighted by atomic mass is 16.5. The van der Waals surface area contributed by atoms with Crippen LogP contribution >= 0.6 is 0 Å². The van der Waals surface area contributed by atoms with E-state index < -0.39 is 0 Å². The van der Waals surface area contributed by atoms with Crippen molar-refractivity contribution in [2.24, 2.45) is 5.10 Å². The lowest BCUT2D eigenvalue weighted by atomic mass is 9.96. The summed E-state index contributed by atoms with van der Waals surface area (Å²) in [6, 6.07) is 18.4. The van der Waals surface area contributed by atoms with E-state index in [2.05, 4.69) is 18.9 Å². The maximum absolute atomic E-state index is 13.6. The molecule has 38 heavy (non-hydrogen) atoms. The summed E-state index contributed by atoms with van der Waals surface area (Å²) in [6.07, 6.45) is 1.57. The maximum Gasteiger partial charge on any atom is 0.282 e. The zero-order valence-corrected chi connectivity index (χ0v) is 22.2. The third kappa shape index (κ3) is 5.37. The van der Waals surface area contributed by atoms with Gasteiger partial charge in [0.15, 0.2) is 23.9 Å². The van der Waals surface area contributed by atoms with E-state index in [1.807, 2.05) is 50.2 Å². The zero-order valence-electron chi connectivity index (χ0n) is 22.2. The first kappa shape index (κ1) is 26.4. The molecule has 0 atom stereocenters. The number of methoxy groups -OCH3 is 1. The number of hydrogen-bond acceptors (Lipinski definition) is 7. The van der Waals surface area contributed by atoms with Gasteiger partial charge in [0.1, 0.15) is 11.8 Å². The molecule has 0 N–H and O–H groups in total. The minimum atomic E-state index is -0.276. The van der Waals surface area contributed by atoms with Crippen molar-refractivity contribution >= 4 is 17.1 Å². The SMILES string of the molecule is CCOc1cc(C)c(-c2nc3ccccc3c(=O)n2N=Cc2ccc(OCC#N)c(OC)c2)cc1C(C)C. The first-order valence-corrected chi connectivity index (χ1v) is 12.4. The van der Waals surface area contributed by atoms with Crippen molar-refractivity contribution < 1.29 is 14.2 Å². The van der Waals surface area contributed by atoms with Gasteiger partial charge in [-0.25, -0.2) is 4.98 Å². The molecule has 1 aromatic heterocycles. The van der Waals surface area contributed by atoms with Crippen molar-refractivity contribution in [2.45, 2.75) is 33.6 Å². The Morgan fingerprint density at radius 1 is 1.08 bits per heavy atom. The summed E-state index contributed by atoms with van der Waals surface area (Å²) in [5.74, 6) is 2.37. The number of nitriles is 1. The van der Waals surface area contributed by atoms with Gasteiger partial charge in [-0.1, -0.05) is 26.0 Å². The van der Waals surface area contributed by atoms with Crippen LogP contribution in [0.4, 0.5) is 0 Å². The predicted molar refractivity (Wildman–Crippen MR) is 149 cm³/mol. The number of benzene rings is 3. The molecule has 194 valence electrons. The zero-order chi connectivity index (χ0) is 27.2. The summed E-state index contributed by atoms with van der Waals surface area (Å²) in [4.78, 5) is 18.5. The highest BCUT2D eigenvalue weighted by molar-refractivity contribution is 5.83. The van der Waals surface area contributed by atoms with Crippen LogP contribution in [-0.4, -0.2) is 36.2 Å². The van der Waals surface area contributed by atoms with Crippen LogP contribution in [0.25, 0.3) is 22.3 Å². The molecule has 4 rings (SSSR count). The van der Waals surface area contributed by atoms with Gasteiger partial charge in [0.25, 0.3) is 5.56 Å². The second-order valence-corrected chi connectivity index (χ2v) is 8.96. The minimum Gasteiger partial charge on any atom is -0.494 e.